The van der Waals surface area contributed by atoms with Crippen molar-refractivity contribution in [3.63, 3.8) is 0 Å². The average Bonchev–Trinajstić information content (AvgIpc) is 2.36. The van der Waals surface area contributed by atoms with Crippen molar-refractivity contribution in [2.45, 2.75) is 26.8 Å². The van der Waals surface area contributed by atoms with Gasteiger partial charge in [-0.05, 0) is 44.5 Å². The van der Waals surface area contributed by atoms with Gasteiger partial charge in [-0.15, -0.1) is 0 Å². The maximum Gasteiger partial charge on any atom is 0.301 e. The van der Waals surface area contributed by atoms with Gasteiger partial charge in [-0.25, -0.2) is 0 Å². The van der Waals surface area contributed by atoms with Crippen molar-refractivity contribution in [3.05, 3.63) is 29.3 Å². The van der Waals surface area contributed by atoms with E-state index in [4.69, 9.17) is 5.11 Å². The van der Waals surface area contributed by atoms with Gasteiger partial charge in [-0.3, -0.25) is 4.72 Å². The normalized spacial score (nSPS) is 11.3. The zero-order valence-corrected chi connectivity index (χ0v) is 13.0. The van der Waals surface area contributed by atoms with Crippen molar-refractivity contribution in [1.82, 2.24) is 4.31 Å². The van der Waals surface area contributed by atoms with Gasteiger partial charge in [0.2, 0.25) is 0 Å². The highest BCUT2D eigenvalue weighted by Gasteiger charge is 2.20. The molecule has 2 N–H and O–H groups in total. The summed E-state index contributed by atoms with van der Waals surface area (Å²) < 4.78 is 27.9. The predicted molar refractivity (Wildman–Crippen MR) is 80.6 cm³/mol. The van der Waals surface area contributed by atoms with Crippen molar-refractivity contribution >= 4 is 15.9 Å². The van der Waals surface area contributed by atoms with E-state index in [2.05, 4.69) is 16.6 Å². The van der Waals surface area contributed by atoms with Gasteiger partial charge >= 0.3 is 10.2 Å². The van der Waals surface area contributed by atoms with Crippen LogP contribution in [0.3, 0.4) is 0 Å². The smallest absolute Gasteiger partial charge is 0.301 e. The summed E-state index contributed by atoms with van der Waals surface area (Å²) in [5.74, 6) is 5.37. The number of hydrogen-bond donors (Lipinski definition) is 2. The zero-order chi connectivity index (χ0) is 15.3. The molecule has 1 rings (SSSR count). The monoisotopic (exact) mass is 296 g/mol. The largest absolute Gasteiger partial charge is 0.384 e. The number of benzene rings is 1. The molecule has 0 heterocycles. The first-order chi connectivity index (χ1) is 9.27. The van der Waals surface area contributed by atoms with Crippen molar-refractivity contribution in [3.8, 4) is 11.8 Å². The third-order valence-corrected chi connectivity index (χ3v) is 4.56. The van der Waals surface area contributed by atoms with Crippen molar-refractivity contribution in [1.29, 1.82) is 0 Å². The minimum atomic E-state index is -3.55. The van der Waals surface area contributed by atoms with E-state index in [1.165, 1.54) is 11.4 Å². The van der Waals surface area contributed by atoms with Crippen LogP contribution in [0.2, 0.25) is 0 Å². The molecule has 1 aromatic carbocycles. The maximum absolute atomic E-state index is 12.1. The summed E-state index contributed by atoms with van der Waals surface area (Å²) in [6.45, 7) is 5.24. The Morgan fingerprint density at radius 3 is 2.55 bits per heavy atom. The van der Waals surface area contributed by atoms with E-state index in [1.54, 1.807) is 32.0 Å². The third kappa shape index (κ3) is 4.23. The van der Waals surface area contributed by atoms with Gasteiger partial charge < -0.3 is 5.11 Å². The first-order valence-corrected chi connectivity index (χ1v) is 7.68. The molecule has 20 heavy (non-hydrogen) atoms. The summed E-state index contributed by atoms with van der Waals surface area (Å²) in [5, 5.41) is 8.67. The fourth-order valence-electron chi connectivity index (χ4n) is 1.50. The van der Waals surface area contributed by atoms with Crippen molar-refractivity contribution < 1.29 is 13.5 Å². The topological polar surface area (TPSA) is 69.6 Å². The lowest BCUT2D eigenvalue weighted by atomic mass is 10.1. The summed E-state index contributed by atoms with van der Waals surface area (Å²) in [6, 6.07) is 4.97. The minimum Gasteiger partial charge on any atom is -0.384 e. The Kier molecular flexibility index (Phi) is 5.57. The second-order valence-corrected chi connectivity index (χ2v) is 6.44. The van der Waals surface area contributed by atoms with Crippen LogP contribution < -0.4 is 4.72 Å². The van der Waals surface area contributed by atoms with Crippen LogP contribution in [0.4, 0.5) is 5.69 Å². The molecule has 0 unspecified atom stereocenters. The van der Waals surface area contributed by atoms with Gasteiger partial charge in [0.05, 0.1) is 5.69 Å². The molecule has 1 aromatic rings. The van der Waals surface area contributed by atoms with E-state index in [-0.39, 0.29) is 12.6 Å². The summed E-state index contributed by atoms with van der Waals surface area (Å²) in [4.78, 5) is 0. The van der Waals surface area contributed by atoms with Gasteiger partial charge in [-0.2, -0.15) is 12.7 Å². The minimum absolute atomic E-state index is 0.122. The quantitative estimate of drug-likeness (QED) is 0.824. The Morgan fingerprint density at radius 1 is 1.40 bits per heavy atom. The molecule has 0 aliphatic carbocycles. The van der Waals surface area contributed by atoms with Crippen molar-refractivity contribution in [2.24, 2.45) is 0 Å². The molecule has 0 aliphatic heterocycles. The highest BCUT2D eigenvalue weighted by Crippen LogP contribution is 2.17. The second-order valence-electron chi connectivity index (χ2n) is 4.71. The molecule has 0 aliphatic rings. The Bertz CT molecular complexity index is 628. The lowest BCUT2D eigenvalue weighted by molar-refractivity contribution is 0.350. The van der Waals surface area contributed by atoms with Crippen molar-refractivity contribution in [2.75, 3.05) is 18.4 Å². The Balaban J connectivity index is 2.98. The average molecular weight is 296 g/mol. The lowest BCUT2D eigenvalue weighted by Gasteiger charge is -2.21. The summed E-state index contributed by atoms with van der Waals surface area (Å²) in [5.41, 5.74) is 2.10. The first kappa shape index (κ1) is 16.5. The Labute approximate surface area is 120 Å². The molecular formula is C14H20N2O3S. The number of nitrogens with one attached hydrogen (secondary N) is 1. The highest BCUT2D eigenvalue weighted by atomic mass is 32.2. The molecule has 6 heteroatoms. The summed E-state index contributed by atoms with van der Waals surface area (Å²) in [6.07, 6.45) is 0. The first-order valence-electron chi connectivity index (χ1n) is 6.24. The van der Waals surface area contributed by atoms with E-state index in [0.717, 1.165) is 11.1 Å². The van der Waals surface area contributed by atoms with Crippen LogP contribution in [0.15, 0.2) is 18.2 Å². The molecular weight excluding hydrogens is 276 g/mol. The molecule has 0 aromatic heterocycles. The number of aliphatic hydroxyl groups excluding tert-OH is 1. The number of aliphatic hydroxyl groups is 1. The number of hydrogen-bond acceptors (Lipinski definition) is 3. The van der Waals surface area contributed by atoms with E-state index >= 15 is 0 Å². The summed E-state index contributed by atoms with van der Waals surface area (Å²) in [7, 11) is -2.02. The molecule has 5 nitrogen and oxygen atoms in total. The van der Waals surface area contributed by atoms with Gasteiger partial charge in [0, 0.05) is 18.7 Å². The second kappa shape index (κ2) is 6.75. The molecule has 0 amide bonds. The number of aryl methyl sites for hydroxylation is 1. The highest BCUT2D eigenvalue weighted by molar-refractivity contribution is 7.90. The Morgan fingerprint density at radius 2 is 2.05 bits per heavy atom. The number of rotatable bonds is 4. The maximum atomic E-state index is 12.1. The van der Waals surface area contributed by atoms with Gasteiger partial charge in [0.15, 0.2) is 0 Å². The molecule has 0 spiro atoms. The van der Waals surface area contributed by atoms with E-state index in [0.29, 0.717) is 5.69 Å². The van der Waals surface area contributed by atoms with Gasteiger partial charge in [0.1, 0.15) is 6.61 Å². The fraction of sp³-hybridized carbons (Fsp3) is 0.429. The number of anilines is 1. The molecule has 0 saturated carbocycles. The predicted octanol–water partition coefficient (Wildman–Crippen LogP) is 1.34. The standard InChI is InChI=1S/C14H20N2O3S/c1-11(2)16(4)20(18,19)15-14-8-7-13(6-5-9-17)12(3)10-14/h7-8,10-11,15,17H,9H2,1-4H3. The molecule has 0 radical (unpaired) electrons. The van der Waals surface area contributed by atoms with Crippen LogP contribution in [0.25, 0.3) is 0 Å². The van der Waals surface area contributed by atoms with E-state index < -0.39 is 10.2 Å². The van der Waals surface area contributed by atoms with Crippen LogP contribution in [-0.2, 0) is 10.2 Å². The zero-order valence-electron chi connectivity index (χ0n) is 12.1. The van der Waals surface area contributed by atoms with Crippen LogP contribution in [0.1, 0.15) is 25.0 Å². The van der Waals surface area contributed by atoms with Crippen LogP contribution in [-0.4, -0.2) is 37.5 Å². The SMILES string of the molecule is Cc1cc(NS(=O)(=O)N(C)C(C)C)ccc1C#CCO. The molecule has 0 bridgehead atoms. The van der Waals surface area contributed by atoms with Gasteiger partial charge in [0.25, 0.3) is 0 Å². The van der Waals surface area contributed by atoms with Crippen LogP contribution in [0.5, 0.6) is 0 Å². The van der Waals surface area contributed by atoms with Crippen LogP contribution >= 0.6 is 0 Å². The number of nitrogens with zero attached hydrogens (tertiary/aromatic N) is 1. The molecule has 0 fully saturated rings. The fourth-order valence-corrected chi connectivity index (χ4v) is 2.62. The molecule has 110 valence electrons. The molecule has 0 saturated heterocycles. The van der Waals surface area contributed by atoms with E-state index in [1.807, 2.05) is 6.92 Å². The van der Waals surface area contributed by atoms with E-state index in [9.17, 15) is 8.42 Å². The lowest BCUT2D eigenvalue weighted by Crippen LogP contribution is -2.37. The summed E-state index contributed by atoms with van der Waals surface area (Å²) >= 11 is 0. The molecule has 0 atom stereocenters. The van der Waals surface area contributed by atoms with Gasteiger partial charge in [-0.1, -0.05) is 11.8 Å². The Hall–Kier alpha value is -1.55. The third-order valence-electron chi connectivity index (χ3n) is 2.88. The van der Waals surface area contributed by atoms with Crippen LogP contribution in [0, 0.1) is 18.8 Å².